The van der Waals surface area contributed by atoms with Crippen molar-refractivity contribution in [2.24, 2.45) is 11.8 Å². The largest absolute Gasteiger partial charge is 0.466 e. The number of nitriles is 2. The number of carbonyl (C=O) groups is 1. The van der Waals surface area contributed by atoms with E-state index in [-0.39, 0.29) is 6.61 Å². The minimum absolute atomic E-state index is 0.245. The molecule has 4 heteroatoms. The highest BCUT2D eigenvalue weighted by atomic mass is 16.5. The Kier molecular flexibility index (Phi) is 6.00. The highest BCUT2D eigenvalue weighted by molar-refractivity contribution is 5.76. The summed E-state index contributed by atoms with van der Waals surface area (Å²) >= 11 is 0. The summed E-state index contributed by atoms with van der Waals surface area (Å²) in [5.74, 6) is -2.71. The molecule has 1 aromatic rings. The van der Waals surface area contributed by atoms with Gasteiger partial charge in [0.25, 0.3) is 0 Å². The fourth-order valence-electron chi connectivity index (χ4n) is 2.10. The molecule has 0 N–H and O–H groups in total. The summed E-state index contributed by atoms with van der Waals surface area (Å²) in [6, 6.07) is 12.9. The lowest BCUT2D eigenvalue weighted by Gasteiger charge is -2.24. The lowest BCUT2D eigenvalue weighted by molar-refractivity contribution is -0.147. The van der Waals surface area contributed by atoms with E-state index >= 15 is 0 Å². The van der Waals surface area contributed by atoms with Gasteiger partial charge in [-0.3, -0.25) is 4.79 Å². The molecule has 0 heterocycles. The first-order valence-corrected chi connectivity index (χ1v) is 6.32. The van der Waals surface area contributed by atoms with Crippen molar-refractivity contribution in [1.82, 2.24) is 0 Å². The number of carbonyl (C=O) groups excluding carboxylic acids is 1. The maximum absolute atomic E-state index is 12.0. The molecule has 102 valence electrons. The molecule has 1 aromatic carbocycles. The van der Waals surface area contributed by atoms with Crippen LogP contribution in [-0.4, -0.2) is 12.6 Å². The Morgan fingerprint density at radius 1 is 1.35 bits per heavy atom. The van der Waals surface area contributed by atoms with Crippen LogP contribution in [0, 0.1) is 34.5 Å². The molecule has 0 bridgehead atoms. The van der Waals surface area contributed by atoms with Crippen molar-refractivity contribution in [2.45, 2.75) is 12.8 Å². The first kappa shape index (κ1) is 15.5. The van der Waals surface area contributed by atoms with Crippen LogP contribution in [-0.2, 0) is 9.53 Å². The molecule has 0 fully saturated rings. The smallest absolute Gasteiger partial charge is 0.313 e. The van der Waals surface area contributed by atoms with E-state index < -0.39 is 23.7 Å². The van der Waals surface area contributed by atoms with Gasteiger partial charge in [0.05, 0.1) is 24.7 Å². The molecule has 0 aromatic heterocycles. The van der Waals surface area contributed by atoms with Crippen molar-refractivity contribution in [3.05, 3.63) is 48.6 Å². The van der Waals surface area contributed by atoms with Crippen LogP contribution >= 0.6 is 0 Å². The van der Waals surface area contributed by atoms with Crippen LogP contribution in [0.5, 0.6) is 0 Å². The molecule has 1 rings (SSSR count). The van der Waals surface area contributed by atoms with Gasteiger partial charge >= 0.3 is 5.97 Å². The van der Waals surface area contributed by atoms with Gasteiger partial charge in [-0.1, -0.05) is 36.4 Å². The highest BCUT2D eigenvalue weighted by Gasteiger charge is 2.34. The van der Waals surface area contributed by atoms with E-state index in [0.717, 1.165) is 5.56 Å². The summed E-state index contributed by atoms with van der Waals surface area (Å²) in [5, 5.41) is 18.3. The number of ether oxygens (including phenoxy) is 1. The summed E-state index contributed by atoms with van der Waals surface area (Å²) in [4.78, 5) is 12.0. The van der Waals surface area contributed by atoms with E-state index in [1.807, 2.05) is 18.2 Å². The van der Waals surface area contributed by atoms with Crippen LogP contribution in [0.25, 0.3) is 0 Å². The third kappa shape index (κ3) is 3.46. The molecule has 0 amide bonds. The minimum atomic E-state index is -0.940. The topological polar surface area (TPSA) is 73.9 Å². The Morgan fingerprint density at radius 2 is 1.95 bits per heavy atom. The van der Waals surface area contributed by atoms with Crippen molar-refractivity contribution < 1.29 is 9.53 Å². The maximum atomic E-state index is 12.0. The average Bonchev–Trinajstić information content (AvgIpc) is 2.48. The molecule has 0 aliphatic rings. The van der Waals surface area contributed by atoms with Crippen LogP contribution in [0.2, 0.25) is 0 Å². The molecular weight excluding hydrogens is 252 g/mol. The van der Waals surface area contributed by atoms with E-state index in [1.54, 1.807) is 31.2 Å². The molecule has 0 aliphatic carbocycles. The summed E-state index contributed by atoms with van der Waals surface area (Å²) in [6.45, 7) is 5.60. The summed E-state index contributed by atoms with van der Waals surface area (Å²) in [5.41, 5.74) is 0.749. The number of esters is 1. The van der Waals surface area contributed by atoms with Gasteiger partial charge < -0.3 is 4.74 Å². The zero-order valence-corrected chi connectivity index (χ0v) is 11.3. The van der Waals surface area contributed by atoms with Gasteiger partial charge in [0.1, 0.15) is 5.92 Å². The fraction of sp³-hybridized carbons (Fsp3) is 0.312. The molecule has 20 heavy (non-hydrogen) atoms. The second kappa shape index (κ2) is 7.76. The lowest BCUT2D eigenvalue weighted by atomic mass is 9.78. The van der Waals surface area contributed by atoms with Crippen molar-refractivity contribution in [3.63, 3.8) is 0 Å². The second-order valence-corrected chi connectivity index (χ2v) is 4.19. The number of rotatable bonds is 6. The van der Waals surface area contributed by atoms with Gasteiger partial charge in [-0.25, -0.2) is 0 Å². The standard InChI is InChI=1S/C16H16N2O2/c1-3-14(16(19)20-4-2)15(13(10-17)11-18)12-8-6-5-7-9-12/h3,5-9,13-15H,1,4H2,2H3. The molecule has 2 atom stereocenters. The van der Waals surface area contributed by atoms with Crippen LogP contribution < -0.4 is 0 Å². The zero-order chi connectivity index (χ0) is 15.0. The van der Waals surface area contributed by atoms with Gasteiger partial charge in [-0.15, -0.1) is 6.58 Å². The van der Waals surface area contributed by atoms with Gasteiger partial charge in [-0.05, 0) is 12.5 Å². The van der Waals surface area contributed by atoms with Crippen molar-refractivity contribution in [1.29, 1.82) is 10.5 Å². The minimum Gasteiger partial charge on any atom is -0.466 e. The van der Waals surface area contributed by atoms with Crippen LogP contribution in [0.15, 0.2) is 43.0 Å². The van der Waals surface area contributed by atoms with Gasteiger partial charge in [0.15, 0.2) is 0 Å². The third-order valence-electron chi connectivity index (χ3n) is 3.02. The van der Waals surface area contributed by atoms with Gasteiger partial charge in [-0.2, -0.15) is 10.5 Å². The molecule has 0 radical (unpaired) electrons. The lowest BCUT2D eigenvalue weighted by Crippen LogP contribution is -2.27. The number of benzene rings is 1. The molecule has 0 saturated carbocycles. The number of hydrogen-bond acceptors (Lipinski definition) is 4. The highest BCUT2D eigenvalue weighted by Crippen LogP contribution is 2.33. The Morgan fingerprint density at radius 3 is 2.40 bits per heavy atom. The molecular formula is C16H16N2O2. The molecule has 4 nitrogen and oxygen atoms in total. The average molecular weight is 268 g/mol. The molecule has 0 saturated heterocycles. The molecule has 0 spiro atoms. The Bertz CT molecular complexity index is 526. The van der Waals surface area contributed by atoms with E-state index in [0.29, 0.717) is 0 Å². The first-order chi connectivity index (χ1) is 9.69. The summed E-state index contributed by atoms with van der Waals surface area (Å²) < 4.78 is 5.01. The normalized spacial score (nSPS) is 12.8. The SMILES string of the molecule is C=CC(C(=O)OCC)C(c1ccccc1)C(C#N)C#N. The number of hydrogen-bond donors (Lipinski definition) is 0. The van der Waals surface area contributed by atoms with Crippen molar-refractivity contribution >= 4 is 5.97 Å². The quantitative estimate of drug-likeness (QED) is 0.587. The summed E-state index contributed by atoms with van der Waals surface area (Å²) in [6.07, 6.45) is 1.44. The Balaban J connectivity index is 3.23. The van der Waals surface area contributed by atoms with E-state index in [4.69, 9.17) is 15.3 Å². The van der Waals surface area contributed by atoms with Crippen LogP contribution in [0.1, 0.15) is 18.4 Å². The van der Waals surface area contributed by atoms with Crippen LogP contribution in [0.3, 0.4) is 0 Å². The van der Waals surface area contributed by atoms with E-state index in [2.05, 4.69) is 6.58 Å². The second-order valence-electron chi connectivity index (χ2n) is 4.19. The van der Waals surface area contributed by atoms with E-state index in [1.165, 1.54) is 6.08 Å². The molecule has 0 aliphatic heterocycles. The van der Waals surface area contributed by atoms with Crippen molar-refractivity contribution in [2.75, 3.05) is 6.61 Å². The Hall–Kier alpha value is -2.59. The monoisotopic (exact) mass is 268 g/mol. The maximum Gasteiger partial charge on any atom is 0.313 e. The summed E-state index contributed by atoms with van der Waals surface area (Å²) in [7, 11) is 0. The molecule has 2 unspecified atom stereocenters. The fourth-order valence-corrected chi connectivity index (χ4v) is 2.10. The first-order valence-electron chi connectivity index (χ1n) is 6.32. The zero-order valence-electron chi connectivity index (χ0n) is 11.3. The number of nitrogens with zero attached hydrogens (tertiary/aromatic N) is 2. The van der Waals surface area contributed by atoms with Crippen LogP contribution in [0.4, 0.5) is 0 Å². The van der Waals surface area contributed by atoms with Gasteiger partial charge in [0, 0.05) is 5.92 Å². The Labute approximate surface area is 118 Å². The van der Waals surface area contributed by atoms with E-state index in [9.17, 15) is 4.79 Å². The third-order valence-corrected chi connectivity index (χ3v) is 3.02. The predicted molar refractivity (Wildman–Crippen MR) is 74.2 cm³/mol. The van der Waals surface area contributed by atoms with Gasteiger partial charge in [0.2, 0.25) is 0 Å². The van der Waals surface area contributed by atoms with Crippen molar-refractivity contribution in [3.8, 4) is 12.1 Å². The predicted octanol–water partition coefficient (Wildman–Crippen LogP) is 2.80.